The number of aryl methyl sites for hydroxylation is 1. The Bertz CT molecular complexity index is 898. The van der Waals surface area contributed by atoms with Gasteiger partial charge in [-0.15, -0.1) is 0 Å². The predicted molar refractivity (Wildman–Crippen MR) is 122 cm³/mol. The molecule has 3 rings (SSSR count). The quantitative estimate of drug-likeness (QED) is 0.393. The van der Waals surface area contributed by atoms with Crippen LogP contribution in [0.25, 0.3) is 22.2 Å². The lowest BCUT2D eigenvalue weighted by Gasteiger charge is -2.21. The van der Waals surface area contributed by atoms with Gasteiger partial charge in [0.05, 0.1) is 10.5 Å². The molecule has 144 valence electrons. The third-order valence-corrected chi connectivity index (χ3v) is 5.85. The Labute approximate surface area is 175 Å². The lowest BCUT2D eigenvalue weighted by Crippen LogP contribution is -2.21. The molecule has 0 saturated carbocycles. The minimum atomic E-state index is 0.723. The van der Waals surface area contributed by atoms with Crippen molar-refractivity contribution in [3.05, 3.63) is 51.5 Å². The molecule has 1 heterocycles. The average molecular weight is 449 g/mol. The van der Waals surface area contributed by atoms with Crippen molar-refractivity contribution in [1.82, 2.24) is 4.98 Å². The van der Waals surface area contributed by atoms with Crippen LogP contribution in [0.15, 0.2) is 40.9 Å². The van der Waals surface area contributed by atoms with Crippen LogP contribution >= 0.6 is 27.5 Å². The summed E-state index contributed by atoms with van der Waals surface area (Å²) >= 11 is 10.1. The molecular weight excluding hydrogens is 422 g/mol. The number of benzene rings is 2. The Morgan fingerprint density at radius 3 is 2.41 bits per heavy atom. The van der Waals surface area contributed by atoms with E-state index in [2.05, 4.69) is 70.0 Å². The summed E-state index contributed by atoms with van der Waals surface area (Å²) in [6.07, 6.45) is 3.07. The van der Waals surface area contributed by atoms with Gasteiger partial charge in [-0.3, -0.25) is 0 Å². The second kappa shape index (κ2) is 9.13. The standard InChI is InChI=1S/C22H27BrClN3/c1-3-27(4-2)17-10-8-15(9-11-17)21-18(7-5-6-12-25)19-13-16(23)14-20(24)22(19)26-21/h8-11,13-14,26H,3-7,12,25H2,1-2H3. The molecule has 0 unspecified atom stereocenters. The number of nitrogens with zero attached hydrogens (tertiary/aromatic N) is 1. The molecule has 0 spiro atoms. The number of H-pyrrole nitrogens is 1. The summed E-state index contributed by atoms with van der Waals surface area (Å²) in [5.74, 6) is 0. The molecule has 3 N–H and O–H groups in total. The van der Waals surface area contributed by atoms with Crippen molar-refractivity contribution in [1.29, 1.82) is 0 Å². The molecule has 3 nitrogen and oxygen atoms in total. The number of rotatable bonds is 8. The van der Waals surface area contributed by atoms with Crippen LogP contribution in [-0.4, -0.2) is 24.6 Å². The van der Waals surface area contributed by atoms with Gasteiger partial charge in [-0.1, -0.05) is 39.7 Å². The fraction of sp³-hybridized carbons (Fsp3) is 0.364. The number of hydrogen-bond acceptors (Lipinski definition) is 2. The number of fused-ring (bicyclic) bond motifs is 1. The van der Waals surface area contributed by atoms with Gasteiger partial charge >= 0.3 is 0 Å². The largest absolute Gasteiger partial charge is 0.372 e. The van der Waals surface area contributed by atoms with Gasteiger partial charge in [0.1, 0.15) is 0 Å². The molecule has 0 atom stereocenters. The van der Waals surface area contributed by atoms with Crippen LogP contribution in [0.3, 0.4) is 0 Å². The molecule has 1 aromatic heterocycles. The van der Waals surface area contributed by atoms with Gasteiger partial charge in [0, 0.05) is 34.3 Å². The summed E-state index contributed by atoms with van der Waals surface area (Å²) in [6, 6.07) is 12.9. The van der Waals surface area contributed by atoms with E-state index in [0.717, 1.165) is 59.6 Å². The molecule has 0 bridgehead atoms. The number of unbranched alkanes of at least 4 members (excludes halogenated alkanes) is 1. The van der Waals surface area contributed by atoms with Gasteiger partial charge < -0.3 is 15.6 Å². The van der Waals surface area contributed by atoms with Crippen LogP contribution in [-0.2, 0) is 6.42 Å². The number of halogens is 2. The highest BCUT2D eigenvalue weighted by Gasteiger charge is 2.16. The lowest BCUT2D eigenvalue weighted by atomic mass is 10.00. The van der Waals surface area contributed by atoms with Crippen molar-refractivity contribution in [2.24, 2.45) is 5.73 Å². The Kier molecular flexibility index (Phi) is 6.85. The van der Waals surface area contributed by atoms with E-state index in [0.29, 0.717) is 0 Å². The van der Waals surface area contributed by atoms with Gasteiger partial charge in [0.25, 0.3) is 0 Å². The van der Waals surface area contributed by atoms with Gasteiger partial charge in [-0.25, -0.2) is 0 Å². The summed E-state index contributed by atoms with van der Waals surface area (Å²) in [4.78, 5) is 5.93. The van der Waals surface area contributed by atoms with Crippen molar-refractivity contribution >= 4 is 44.1 Å². The van der Waals surface area contributed by atoms with Crippen molar-refractivity contribution in [3.8, 4) is 11.3 Å². The fourth-order valence-corrected chi connectivity index (χ4v) is 4.51. The van der Waals surface area contributed by atoms with E-state index < -0.39 is 0 Å². The first kappa shape index (κ1) is 20.2. The van der Waals surface area contributed by atoms with E-state index in [9.17, 15) is 0 Å². The number of hydrogen-bond donors (Lipinski definition) is 2. The molecular formula is C22H27BrClN3. The van der Waals surface area contributed by atoms with E-state index in [1.807, 2.05) is 6.07 Å². The first-order chi connectivity index (χ1) is 13.1. The van der Waals surface area contributed by atoms with Crippen molar-refractivity contribution in [2.45, 2.75) is 33.1 Å². The summed E-state index contributed by atoms with van der Waals surface area (Å²) < 4.78 is 1.00. The van der Waals surface area contributed by atoms with Crippen LogP contribution < -0.4 is 10.6 Å². The van der Waals surface area contributed by atoms with Crippen LogP contribution in [0.2, 0.25) is 5.02 Å². The second-order valence-electron chi connectivity index (χ2n) is 6.75. The molecule has 0 aliphatic rings. The van der Waals surface area contributed by atoms with Gasteiger partial charge in [-0.2, -0.15) is 0 Å². The molecule has 0 fully saturated rings. The maximum Gasteiger partial charge on any atom is 0.0658 e. The first-order valence-electron chi connectivity index (χ1n) is 9.64. The second-order valence-corrected chi connectivity index (χ2v) is 8.08. The lowest BCUT2D eigenvalue weighted by molar-refractivity contribution is 0.748. The summed E-state index contributed by atoms with van der Waals surface area (Å²) in [6.45, 7) is 7.11. The molecule has 0 aliphatic carbocycles. The van der Waals surface area contributed by atoms with E-state index in [4.69, 9.17) is 17.3 Å². The molecule has 0 radical (unpaired) electrons. The third-order valence-electron chi connectivity index (χ3n) is 5.10. The minimum Gasteiger partial charge on any atom is -0.372 e. The highest BCUT2D eigenvalue weighted by molar-refractivity contribution is 9.10. The van der Waals surface area contributed by atoms with Crippen LogP contribution in [0.5, 0.6) is 0 Å². The average Bonchev–Trinajstić information content (AvgIpc) is 3.02. The van der Waals surface area contributed by atoms with E-state index >= 15 is 0 Å². The number of aromatic nitrogens is 1. The van der Waals surface area contributed by atoms with E-state index in [1.165, 1.54) is 22.2 Å². The molecule has 5 heteroatoms. The topological polar surface area (TPSA) is 45.0 Å². The Morgan fingerprint density at radius 1 is 1.07 bits per heavy atom. The number of nitrogens with one attached hydrogen (secondary N) is 1. The van der Waals surface area contributed by atoms with Crippen LogP contribution in [0.1, 0.15) is 32.3 Å². The summed E-state index contributed by atoms with van der Waals surface area (Å²) in [5, 5.41) is 1.93. The zero-order valence-electron chi connectivity index (χ0n) is 16.0. The number of nitrogens with two attached hydrogens (primary N) is 1. The van der Waals surface area contributed by atoms with Gasteiger partial charge in [0.2, 0.25) is 0 Å². The smallest absolute Gasteiger partial charge is 0.0658 e. The molecule has 3 aromatic rings. The Hall–Kier alpha value is -1.49. The summed E-state index contributed by atoms with van der Waals surface area (Å²) in [5.41, 5.74) is 11.6. The van der Waals surface area contributed by atoms with E-state index in [-0.39, 0.29) is 0 Å². The Balaban J connectivity index is 2.06. The van der Waals surface area contributed by atoms with Crippen molar-refractivity contribution in [2.75, 3.05) is 24.5 Å². The van der Waals surface area contributed by atoms with Crippen molar-refractivity contribution < 1.29 is 0 Å². The predicted octanol–water partition coefficient (Wildman–Crippen LogP) is 6.38. The zero-order chi connectivity index (χ0) is 19.4. The van der Waals surface area contributed by atoms with Crippen LogP contribution in [0.4, 0.5) is 5.69 Å². The highest BCUT2D eigenvalue weighted by atomic mass is 79.9. The van der Waals surface area contributed by atoms with Gasteiger partial charge in [-0.05, 0) is 75.0 Å². The SMILES string of the molecule is CCN(CC)c1ccc(-c2[nH]c3c(Cl)cc(Br)cc3c2CCCCN)cc1. The molecule has 0 saturated heterocycles. The zero-order valence-corrected chi connectivity index (χ0v) is 18.3. The molecule has 0 aliphatic heterocycles. The monoisotopic (exact) mass is 447 g/mol. The number of aromatic amines is 1. The van der Waals surface area contributed by atoms with E-state index in [1.54, 1.807) is 0 Å². The fourth-order valence-electron chi connectivity index (χ4n) is 3.65. The normalized spacial score (nSPS) is 11.3. The molecule has 27 heavy (non-hydrogen) atoms. The maximum atomic E-state index is 6.51. The summed E-state index contributed by atoms with van der Waals surface area (Å²) in [7, 11) is 0. The highest BCUT2D eigenvalue weighted by Crippen LogP contribution is 2.37. The van der Waals surface area contributed by atoms with Gasteiger partial charge in [0.15, 0.2) is 0 Å². The first-order valence-corrected chi connectivity index (χ1v) is 10.8. The maximum absolute atomic E-state index is 6.51. The minimum absolute atomic E-state index is 0.723. The Morgan fingerprint density at radius 2 is 1.78 bits per heavy atom. The third kappa shape index (κ3) is 4.34. The molecule has 2 aromatic carbocycles. The van der Waals surface area contributed by atoms with Crippen LogP contribution in [0, 0.1) is 0 Å². The number of anilines is 1. The molecule has 0 amide bonds. The van der Waals surface area contributed by atoms with Crippen molar-refractivity contribution in [3.63, 3.8) is 0 Å².